The Bertz CT molecular complexity index is 999. The number of hydrogen-bond donors (Lipinski definition) is 1. The first kappa shape index (κ1) is 21.2. The summed E-state index contributed by atoms with van der Waals surface area (Å²) in [5, 5.41) is 11.6. The topological polar surface area (TPSA) is 119 Å². The summed E-state index contributed by atoms with van der Waals surface area (Å²) in [6.07, 6.45) is 7.71. The molecule has 0 saturated carbocycles. The molecule has 0 aliphatic carbocycles. The fourth-order valence-electron chi connectivity index (χ4n) is 3.56. The second-order valence-electron chi connectivity index (χ2n) is 7.08. The molecule has 10 nitrogen and oxygen atoms in total. The van der Waals surface area contributed by atoms with Crippen LogP contribution in [0.3, 0.4) is 0 Å². The number of carbonyl (C=O) groups is 2. The SMILES string of the molecule is CC[C@H](C)[C@H]1c2nc(-c3cccnc3)nn2CCN1C(=O)c1cncn1C.O=CO. The number of rotatable bonds is 4. The molecule has 1 aliphatic heterocycles. The number of hydrogen-bond acceptors (Lipinski definition) is 6. The first-order valence-corrected chi connectivity index (χ1v) is 9.72. The Morgan fingerprint density at radius 2 is 2.10 bits per heavy atom. The lowest BCUT2D eigenvalue weighted by molar-refractivity contribution is -0.122. The first-order valence-electron chi connectivity index (χ1n) is 9.72. The molecule has 1 aliphatic rings. The Balaban J connectivity index is 0.000000806. The molecule has 0 radical (unpaired) electrons. The Hall–Kier alpha value is -3.56. The molecule has 30 heavy (non-hydrogen) atoms. The van der Waals surface area contributed by atoms with Crippen LogP contribution in [-0.4, -0.2) is 58.2 Å². The minimum atomic E-state index is -0.250. The number of carboxylic acid groups (broad SMARTS) is 1. The Kier molecular flexibility index (Phi) is 6.55. The Morgan fingerprint density at radius 3 is 2.70 bits per heavy atom. The molecule has 1 N–H and O–H groups in total. The van der Waals surface area contributed by atoms with E-state index < -0.39 is 0 Å². The van der Waals surface area contributed by atoms with E-state index in [1.165, 1.54) is 0 Å². The number of fused-ring (bicyclic) bond motifs is 1. The quantitative estimate of drug-likeness (QED) is 0.652. The minimum Gasteiger partial charge on any atom is -0.483 e. The van der Waals surface area contributed by atoms with E-state index in [0.717, 1.165) is 17.8 Å². The van der Waals surface area contributed by atoms with Gasteiger partial charge in [0.2, 0.25) is 0 Å². The van der Waals surface area contributed by atoms with Crippen molar-refractivity contribution in [2.45, 2.75) is 32.9 Å². The molecule has 0 saturated heterocycles. The molecule has 4 heterocycles. The normalized spacial score (nSPS) is 16.2. The molecule has 2 atom stereocenters. The van der Waals surface area contributed by atoms with Crippen LogP contribution >= 0.6 is 0 Å². The summed E-state index contributed by atoms with van der Waals surface area (Å²) in [5.74, 6) is 1.73. The van der Waals surface area contributed by atoms with Crippen LogP contribution < -0.4 is 0 Å². The summed E-state index contributed by atoms with van der Waals surface area (Å²) < 4.78 is 3.70. The Labute approximate surface area is 174 Å². The highest BCUT2D eigenvalue weighted by Gasteiger charge is 2.37. The van der Waals surface area contributed by atoms with Crippen LogP contribution in [0, 0.1) is 5.92 Å². The molecule has 3 aromatic rings. The summed E-state index contributed by atoms with van der Waals surface area (Å²) in [6.45, 7) is 5.26. The third-order valence-corrected chi connectivity index (χ3v) is 5.25. The van der Waals surface area contributed by atoms with E-state index >= 15 is 0 Å². The molecule has 158 valence electrons. The average molecular weight is 411 g/mol. The maximum Gasteiger partial charge on any atom is 0.290 e. The second-order valence-corrected chi connectivity index (χ2v) is 7.08. The molecule has 3 aromatic heterocycles. The zero-order chi connectivity index (χ0) is 21.7. The third-order valence-electron chi connectivity index (χ3n) is 5.25. The lowest BCUT2D eigenvalue weighted by atomic mass is 9.95. The molecular weight excluding hydrogens is 386 g/mol. The standard InChI is InChI=1S/C19H23N7O.CH2O2/c1-4-13(2)16-18-22-17(14-6-5-7-20-10-14)23-26(18)9-8-25(16)19(27)15-11-21-12-24(15)3;2-1-3/h5-7,10-13,16H,4,8-9H2,1-3H3;1H,(H,2,3)/t13-,16-;/m0./s1. The first-order chi connectivity index (χ1) is 14.5. The highest BCUT2D eigenvalue weighted by molar-refractivity contribution is 5.92. The van der Waals surface area contributed by atoms with Crippen molar-refractivity contribution in [2.24, 2.45) is 13.0 Å². The van der Waals surface area contributed by atoms with E-state index in [0.29, 0.717) is 24.6 Å². The summed E-state index contributed by atoms with van der Waals surface area (Å²) in [5.41, 5.74) is 1.47. The van der Waals surface area contributed by atoms with Gasteiger partial charge in [0.25, 0.3) is 12.4 Å². The van der Waals surface area contributed by atoms with Gasteiger partial charge in [-0.2, -0.15) is 5.10 Å². The van der Waals surface area contributed by atoms with Crippen molar-refractivity contribution in [1.29, 1.82) is 0 Å². The van der Waals surface area contributed by atoms with E-state index in [1.807, 2.05) is 28.8 Å². The van der Waals surface area contributed by atoms with E-state index in [1.54, 1.807) is 29.5 Å². The van der Waals surface area contributed by atoms with Gasteiger partial charge in [-0.15, -0.1) is 0 Å². The monoisotopic (exact) mass is 411 g/mol. The van der Waals surface area contributed by atoms with Crippen molar-refractivity contribution in [3.05, 3.63) is 48.6 Å². The molecule has 0 unspecified atom stereocenters. The third kappa shape index (κ3) is 4.07. The van der Waals surface area contributed by atoms with E-state index in [9.17, 15) is 4.79 Å². The van der Waals surface area contributed by atoms with E-state index in [2.05, 4.69) is 28.9 Å². The van der Waals surface area contributed by atoms with Gasteiger partial charge in [-0.05, 0) is 18.1 Å². The molecule has 1 amide bonds. The van der Waals surface area contributed by atoms with E-state index in [4.69, 9.17) is 14.9 Å². The molecule has 0 aromatic carbocycles. The van der Waals surface area contributed by atoms with Crippen LogP contribution in [-0.2, 0) is 18.4 Å². The predicted molar refractivity (Wildman–Crippen MR) is 108 cm³/mol. The predicted octanol–water partition coefficient (Wildman–Crippen LogP) is 2.02. The van der Waals surface area contributed by atoms with Crippen molar-refractivity contribution in [3.63, 3.8) is 0 Å². The van der Waals surface area contributed by atoms with Crippen molar-refractivity contribution >= 4 is 12.4 Å². The fraction of sp³-hybridized carbons (Fsp3) is 0.400. The van der Waals surface area contributed by atoms with Crippen LogP contribution in [0.5, 0.6) is 0 Å². The van der Waals surface area contributed by atoms with Crippen molar-refractivity contribution in [2.75, 3.05) is 6.54 Å². The molecule has 0 bridgehead atoms. The zero-order valence-electron chi connectivity index (χ0n) is 17.2. The van der Waals surface area contributed by atoms with E-state index in [-0.39, 0.29) is 24.3 Å². The van der Waals surface area contributed by atoms with Crippen LogP contribution in [0.2, 0.25) is 0 Å². The maximum atomic E-state index is 13.2. The fourth-order valence-corrected chi connectivity index (χ4v) is 3.56. The van der Waals surface area contributed by atoms with Crippen LogP contribution in [0.15, 0.2) is 37.1 Å². The number of aromatic nitrogens is 6. The van der Waals surface area contributed by atoms with Crippen LogP contribution in [0.25, 0.3) is 11.4 Å². The van der Waals surface area contributed by atoms with Crippen molar-refractivity contribution in [1.82, 2.24) is 34.2 Å². The van der Waals surface area contributed by atoms with Gasteiger partial charge in [0.05, 0.1) is 25.1 Å². The van der Waals surface area contributed by atoms with Crippen molar-refractivity contribution < 1.29 is 14.7 Å². The number of carbonyl (C=O) groups excluding carboxylic acids is 1. The minimum absolute atomic E-state index is 0.0162. The number of nitrogens with zero attached hydrogens (tertiary/aromatic N) is 7. The average Bonchev–Trinajstić information content (AvgIpc) is 3.39. The smallest absolute Gasteiger partial charge is 0.290 e. The summed E-state index contributed by atoms with van der Waals surface area (Å²) in [4.78, 5) is 36.5. The second kappa shape index (κ2) is 9.29. The van der Waals surface area contributed by atoms with Gasteiger partial charge >= 0.3 is 0 Å². The highest BCUT2D eigenvalue weighted by atomic mass is 16.3. The Morgan fingerprint density at radius 1 is 1.33 bits per heavy atom. The van der Waals surface area contributed by atoms with Gasteiger partial charge in [-0.1, -0.05) is 20.3 Å². The van der Waals surface area contributed by atoms with Crippen LogP contribution in [0.4, 0.5) is 0 Å². The summed E-state index contributed by atoms with van der Waals surface area (Å²) in [7, 11) is 1.84. The molecule has 10 heteroatoms. The number of imidazole rings is 1. The summed E-state index contributed by atoms with van der Waals surface area (Å²) >= 11 is 0. The van der Waals surface area contributed by atoms with Crippen molar-refractivity contribution in [3.8, 4) is 11.4 Å². The molecule has 0 fully saturated rings. The lowest BCUT2D eigenvalue weighted by Crippen LogP contribution is -2.45. The van der Waals surface area contributed by atoms with Gasteiger partial charge < -0.3 is 14.6 Å². The highest BCUT2D eigenvalue weighted by Crippen LogP contribution is 2.34. The van der Waals surface area contributed by atoms with Gasteiger partial charge in [-0.3, -0.25) is 14.6 Å². The van der Waals surface area contributed by atoms with Crippen LogP contribution in [0.1, 0.15) is 42.6 Å². The number of aryl methyl sites for hydroxylation is 1. The van der Waals surface area contributed by atoms with Gasteiger partial charge in [0.15, 0.2) is 11.6 Å². The van der Waals surface area contributed by atoms with Gasteiger partial charge in [0.1, 0.15) is 5.69 Å². The molecule has 0 spiro atoms. The largest absolute Gasteiger partial charge is 0.483 e. The van der Waals surface area contributed by atoms with Gasteiger partial charge in [-0.25, -0.2) is 14.6 Å². The number of amides is 1. The summed E-state index contributed by atoms with van der Waals surface area (Å²) in [6, 6.07) is 3.70. The van der Waals surface area contributed by atoms with Gasteiger partial charge in [0, 0.05) is 31.5 Å². The lowest BCUT2D eigenvalue weighted by Gasteiger charge is -2.38. The maximum absolute atomic E-state index is 13.2. The number of pyridine rings is 1. The molecule has 4 rings (SSSR count). The zero-order valence-corrected chi connectivity index (χ0v) is 17.2. The molecular formula is C20H25N7O3.